The van der Waals surface area contributed by atoms with Crippen molar-refractivity contribution >= 4 is 14.0 Å². The van der Waals surface area contributed by atoms with Gasteiger partial charge in [0.1, 0.15) is 0 Å². The zero-order valence-electron chi connectivity index (χ0n) is 14.6. The first-order valence-electron chi connectivity index (χ1n) is 8.22. The van der Waals surface area contributed by atoms with E-state index < -0.39 is 14.4 Å². The monoisotopic (exact) mass is 322 g/mol. The lowest BCUT2D eigenvalue weighted by molar-refractivity contribution is -0.183. The molecule has 124 valence electrons. The van der Waals surface area contributed by atoms with Crippen LogP contribution in [0.2, 0.25) is 19.6 Å². The van der Waals surface area contributed by atoms with Gasteiger partial charge in [0.25, 0.3) is 0 Å². The summed E-state index contributed by atoms with van der Waals surface area (Å²) in [6.45, 7) is 10.4. The molecule has 0 heterocycles. The summed E-state index contributed by atoms with van der Waals surface area (Å²) in [6, 6.07) is 10.3. The van der Waals surface area contributed by atoms with Crippen LogP contribution < -0.4 is 0 Å². The maximum absolute atomic E-state index is 11.4. The first-order chi connectivity index (χ1) is 10.3. The Hall–Kier alpha value is -1.13. The van der Waals surface area contributed by atoms with Crippen molar-refractivity contribution in [2.45, 2.75) is 71.2 Å². The highest BCUT2D eigenvalue weighted by Crippen LogP contribution is 2.30. The fourth-order valence-electron chi connectivity index (χ4n) is 2.46. The first kappa shape index (κ1) is 18.9. The van der Waals surface area contributed by atoms with Crippen LogP contribution in [0.5, 0.6) is 0 Å². The van der Waals surface area contributed by atoms with Crippen LogP contribution >= 0.6 is 0 Å². The Morgan fingerprint density at radius 1 is 1.14 bits per heavy atom. The fraction of sp³-hybridized carbons (Fsp3) is 0.611. The van der Waals surface area contributed by atoms with Crippen LogP contribution in [-0.2, 0) is 14.3 Å². The highest BCUT2D eigenvalue weighted by molar-refractivity contribution is 6.77. The second-order valence-electron chi connectivity index (χ2n) is 6.83. The summed E-state index contributed by atoms with van der Waals surface area (Å²) < 4.78 is 11.7. The van der Waals surface area contributed by atoms with Gasteiger partial charge in [-0.3, -0.25) is 4.79 Å². The third-order valence-corrected chi connectivity index (χ3v) is 5.56. The van der Waals surface area contributed by atoms with E-state index in [0.29, 0.717) is 0 Å². The lowest BCUT2D eigenvalue weighted by Crippen LogP contribution is -2.37. The van der Waals surface area contributed by atoms with Crippen molar-refractivity contribution in [2.24, 2.45) is 0 Å². The van der Waals surface area contributed by atoms with Crippen molar-refractivity contribution in [2.75, 3.05) is 0 Å². The number of hydrogen-bond donors (Lipinski definition) is 0. The van der Waals surface area contributed by atoms with E-state index in [1.54, 1.807) is 0 Å². The van der Waals surface area contributed by atoms with Crippen LogP contribution in [0.3, 0.4) is 0 Å². The third kappa shape index (κ3) is 6.75. The molecule has 0 amide bonds. The zero-order valence-corrected chi connectivity index (χ0v) is 15.6. The van der Waals surface area contributed by atoms with Crippen molar-refractivity contribution in [1.82, 2.24) is 0 Å². The molecule has 0 spiro atoms. The Kier molecular flexibility index (Phi) is 7.83. The van der Waals surface area contributed by atoms with E-state index in [1.807, 2.05) is 18.2 Å². The van der Waals surface area contributed by atoms with Crippen LogP contribution in [0.15, 0.2) is 30.3 Å². The van der Waals surface area contributed by atoms with Crippen molar-refractivity contribution < 1.29 is 14.3 Å². The first-order valence-corrected chi connectivity index (χ1v) is 11.8. The average Bonchev–Trinajstić information content (AvgIpc) is 2.43. The van der Waals surface area contributed by atoms with Crippen LogP contribution in [0, 0.1) is 0 Å². The molecule has 22 heavy (non-hydrogen) atoms. The third-order valence-electron chi connectivity index (χ3n) is 3.52. The van der Waals surface area contributed by atoms with Gasteiger partial charge in [-0.25, -0.2) is 0 Å². The zero-order chi connectivity index (χ0) is 16.6. The largest absolute Gasteiger partial charge is 0.436 e. The SMILES string of the molecule is CCCCCC(OC(C)=O)O[C@@H](c1ccccc1)[Si](C)(C)C. The highest BCUT2D eigenvalue weighted by Gasteiger charge is 2.32. The van der Waals surface area contributed by atoms with Gasteiger partial charge in [-0.1, -0.05) is 69.7 Å². The summed E-state index contributed by atoms with van der Waals surface area (Å²) in [6.07, 6.45) is 3.61. The number of rotatable bonds is 9. The molecule has 0 saturated heterocycles. The van der Waals surface area contributed by atoms with Gasteiger partial charge in [0, 0.05) is 13.3 Å². The number of carbonyl (C=O) groups excluding carboxylic acids is 1. The Labute approximate surface area is 136 Å². The summed E-state index contributed by atoms with van der Waals surface area (Å²) in [5.74, 6) is -0.274. The molecular formula is C18H30O3Si. The number of unbranched alkanes of at least 4 members (excludes halogenated alkanes) is 2. The summed E-state index contributed by atoms with van der Waals surface area (Å²) in [7, 11) is -1.60. The molecular weight excluding hydrogens is 292 g/mol. The Bertz CT molecular complexity index is 439. The molecule has 0 N–H and O–H groups in total. The molecule has 0 fully saturated rings. The molecule has 3 nitrogen and oxygen atoms in total. The minimum Gasteiger partial charge on any atom is -0.436 e. The predicted octanol–water partition coefficient (Wildman–Crippen LogP) is 5.09. The molecule has 0 saturated carbocycles. The van der Waals surface area contributed by atoms with E-state index in [-0.39, 0.29) is 11.7 Å². The van der Waals surface area contributed by atoms with Crippen molar-refractivity contribution in [3.63, 3.8) is 0 Å². The number of esters is 1. The quantitative estimate of drug-likeness (QED) is 0.275. The molecule has 0 bridgehead atoms. The van der Waals surface area contributed by atoms with Gasteiger partial charge in [0.2, 0.25) is 6.29 Å². The van der Waals surface area contributed by atoms with Gasteiger partial charge in [-0.15, -0.1) is 0 Å². The van der Waals surface area contributed by atoms with E-state index in [0.717, 1.165) is 25.7 Å². The average molecular weight is 323 g/mol. The van der Waals surface area contributed by atoms with E-state index in [9.17, 15) is 4.79 Å². The minimum atomic E-state index is -1.60. The predicted molar refractivity (Wildman–Crippen MR) is 93.3 cm³/mol. The number of benzene rings is 1. The topological polar surface area (TPSA) is 35.5 Å². The van der Waals surface area contributed by atoms with Crippen LogP contribution in [0.25, 0.3) is 0 Å². The standard InChI is InChI=1S/C18H30O3Si/c1-6-7-9-14-17(20-15(2)19)21-18(22(3,4)5)16-12-10-8-11-13-16/h8,10-13,17-18H,6-7,9,14H2,1-5H3/t17?,18-/m1/s1. The van der Waals surface area contributed by atoms with E-state index >= 15 is 0 Å². The molecule has 4 heteroatoms. The van der Waals surface area contributed by atoms with Crippen molar-refractivity contribution in [1.29, 1.82) is 0 Å². The van der Waals surface area contributed by atoms with Gasteiger partial charge in [-0.2, -0.15) is 0 Å². The molecule has 0 aliphatic heterocycles. The normalized spacial score (nSPS) is 14.4. The fourth-order valence-corrected chi connectivity index (χ4v) is 4.22. The Balaban J connectivity index is 2.85. The molecule has 1 aromatic carbocycles. The number of ether oxygens (including phenoxy) is 2. The Morgan fingerprint density at radius 3 is 2.27 bits per heavy atom. The van der Waals surface area contributed by atoms with E-state index in [4.69, 9.17) is 9.47 Å². The molecule has 1 rings (SSSR count). The van der Waals surface area contributed by atoms with E-state index in [1.165, 1.54) is 12.5 Å². The maximum Gasteiger partial charge on any atom is 0.304 e. The van der Waals surface area contributed by atoms with E-state index in [2.05, 4.69) is 38.7 Å². The summed E-state index contributed by atoms with van der Waals surface area (Å²) in [5, 5.41) is 0. The number of carbonyl (C=O) groups is 1. The van der Waals surface area contributed by atoms with Gasteiger partial charge >= 0.3 is 5.97 Å². The van der Waals surface area contributed by atoms with Crippen LogP contribution in [0.1, 0.15) is 50.8 Å². The lowest BCUT2D eigenvalue weighted by Gasteiger charge is -2.32. The summed E-state index contributed by atoms with van der Waals surface area (Å²) in [4.78, 5) is 11.4. The maximum atomic E-state index is 11.4. The lowest BCUT2D eigenvalue weighted by atomic mass is 10.2. The molecule has 0 radical (unpaired) electrons. The molecule has 1 aromatic rings. The van der Waals surface area contributed by atoms with Crippen molar-refractivity contribution in [3.8, 4) is 0 Å². The second kappa shape index (κ2) is 9.11. The second-order valence-corrected chi connectivity index (χ2v) is 12.1. The Morgan fingerprint density at radius 2 is 1.77 bits per heavy atom. The van der Waals surface area contributed by atoms with Gasteiger partial charge in [0.05, 0.1) is 13.8 Å². The van der Waals surface area contributed by atoms with Crippen LogP contribution in [0.4, 0.5) is 0 Å². The minimum absolute atomic E-state index is 0.0275. The molecule has 0 aliphatic rings. The van der Waals surface area contributed by atoms with Crippen molar-refractivity contribution in [3.05, 3.63) is 35.9 Å². The molecule has 0 aromatic heterocycles. The highest BCUT2D eigenvalue weighted by atomic mass is 28.3. The summed E-state index contributed by atoms with van der Waals surface area (Å²) in [5.41, 5.74) is 1.20. The van der Waals surface area contributed by atoms with Gasteiger partial charge in [-0.05, 0) is 12.0 Å². The molecule has 2 atom stereocenters. The van der Waals surface area contributed by atoms with Gasteiger partial charge < -0.3 is 9.47 Å². The number of hydrogen-bond acceptors (Lipinski definition) is 3. The molecule has 0 aliphatic carbocycles. The smallest absolute Gasteiger partial charge is 0.304 e. The molecule has 1 unspecified atom stereocenters. The van der Waals surface area contributed by atoms with Crippen LogP contribution in [-0.4, -0.2) is 20.3 Å². The van der Waals surface area contributed by atoms with Gasteiger partial charge in [0.15, 0.2) is 0 Å². The summed E-state index contributed by atoms with van der Waals surface area (Å²) >= 11 is 0.